The summed E-state index contributed by atoms with van der Waals surface area (Å²) in [5, 5.41) is 4.21. The highest BCUT2D eigenvalue weighted by molar-refractivity contribution is 6.30. The third-order valence-corrected chi connectivity index (χ3v) is 3.61. The molecule has 112 valence electrons. The molecule has 0 fully saturated rings. The SMILES string of the molecule is CCNC(c1ccc(Cl)cc1)c1cccc(OC)c1OC. The Bertz CT molecular complexity index is 584. The summed E-state index contributed by atoms with van der Waals surface area (Å²) in [4.78, 5) is 0. The molecular weight excluding hydrogens is 286 g/mol. The Labute approximate surface area is 130 Å². The molecule has 0 heterocycles. The third kappa shape index (κ3) is 3.49. The van der Waals surface area contributed by atoms with Gasteiger partial charge in [0.1, 0.15) is 0 Å². The van der Waals surface area contributed by atoms with E-state index in [-0.39, 0.29) is 6.04 Å². The van der Waals surface area contributed by atoms with Crippen LogP contribution in [0.4, 0.5) is 0 Å². The first-order chi connectivity index (χ1) is 10.2. The Morgan fingerprint density at radius 3 is 2.33 bits per heavy atom. The summed E-state index contributed by atoms with van der Waals surface area (Å²) >= 11 is 5.98. The molecular formula is C17H20ClNO2. The van der Waals surface area contributed by atoms with Gasteiger partial charge in [-0.05, 0) is 30.3 Å². The van der Waals surface area contributed by atoms with Crippen LogP contribution in [0.1, 0.15) is 24.1 Å². The maximum atomic E-state index is 5.98. The van der Waals surface area contributed by atoms with Crippen LogP contribution in [-0.2, 0) is 0 Å². The Balaban J connectivity index is 2.49. The lowest BCUT2D eigenvalue weighted by molar-refractivity contribution is 0.349. The van der Waals surface area contributed by atoms with Crippen molar-refractivity contribution in [3.63, 3.8) is 0 Å². The van der Waals surface area contributed by atoms with Gasteiger partial charge in [0, 0.05) is 10.6 Å². The van der Waals surface area contributed by atoms with E-state index in [1.807, 2.05) is 42.5 Å². The lowest BCUT2D eigenvalue weighted by Crippen LogP contribution is -2.22. The predicted octanol–water partition coefficient (Wildman–Crippen LogP) is 4.06. The highest BCUT2D eigenvalue weighted by Crippen LogP contribution is 2.37. The van der Waals surface area contributed by atoms with Crippen LogP contribution in [0.15, 0.2) is 42.5 Å². The molecule has 0 amide bonds. The first kappa shape index (κ1) is 15.7. The summed E-state index contributed by atoms with van der Waals surface area (Å²) in [5.74, 6) is 1.48. The van der Waals surface area contributed by atoms with Gasteiger partial charge < -0.3 is 14.8 Å². The number of hydrogen-bond acceptors (Lipinski definition) is 3. The largest absolute Gasteiger partial charge is 0.493 e. The number of nitrogens with one attached hydrogen (secondary N) is 1. The van der Waals surface area contributed by atoms with Crippen molar-refractivity contribution >= 4 is 11.6 Å². The highest BCUT2D eigenvalue weighted by Gasteiger charge is 2.20. The van der Waals surface area contributed by atoms with Gasteiger partial charge in [0.15, 0.2) is 11.5 Å². The number of methoxy groups -OCH3 is 2. The van der Waals surface area contributed by atoms with Crippen molar-refractivity contribution in [3.05, 3.63) is 58.6 Å². The monoisotopic (exact) mass is 305 g/mol. The van der Waals surface area contributed by atoms with Crippen molar-refractivity contribution in [2.45, 2.75) is 13.0 Å². The molecule has 1 unspecified atom stereocenters. The van der Waals surface area contributed by atoms with Gasteiger partial charge in [-0.1, -0.05) is 42.8 Å². The second-order valence-electron chi connectivity index (χ2n) is 4.62. The molecule has 0 aromatic heterocycles. The number of benzene rings is 2. The van der Waals surface area contributed by atoms with Crippen LogP contribution in [0.25, 0.3) is 0 Å². The summed E-state index contributed by atoms with van der Waals surface area (Å²) in [6.45, 7) is 2.92. The van der Waals surface area contributed by atoms with Crippen LogP contribution in [0.2, 0.25) is 5.02 Å². The number of hydrogen-bond donors (Lipinski definition) is 1. The van der Waals surface area contributed by atoms with E-state index in [9.17, 15) is 0 Å². The fourth-order valence-electron chi connectivity index (χ4n) is 2.41. The molecule has 2 aromatic carbocycles. The average molecular weight is 306 g/mol. The zero-order chi connectivity index (χ0) is 15.2. The minimum atomic E-state index is 0.0253. The molecule has 4 heteroatoms. The number of para-hydroxylation sites is 1. The quantitative estimate of drug-likeness (QED) is 0.873. The Hall–Kier alpha value is -1.71. The van der Waals surface area contributed by atoms with Gasteiger partial charge in [-0.15, -0.1) is 0 Å². The molecule has 1 atom stereocenters. The second-order valence-corrected chi connectivity index (χ2v) is 5.06. The summed E-state index contributed by atoms with van der Waals surface area (Å²) in [5.41, 5.74) is 2.17. The smallest absolute Gasteiger partial charge is 0.165 e. The number of halogens is 1. The Morgan fingerprint density at radius 2 is 1.76 bits per heavy atom. The minimum Gasteiger partial charge on any atom is -0.493 e. The van der Waals surface area contributed by atoms with Crippen LogP contribution in [0, 0.1) is 0 Å². The molecule has 0 aliphatic rings. The van der Waals surface area contributed by atoms with Crippen molar-refractivity contribution in [3.8, 4) is 11.5 Å². The zero-order valence-corrected chi connectivity index (χ0v) is 13.3. The van der Waals surface area contributed by atoms with E-state index < -0.39 is 0 Å². The lowest BCUT2D eigenvalue weighted by Gasteiger charge is -2.22. The van der Waals surface area contributed by atoms with Gasteiger partial charge in [0.25, 0.3) is 0 Å². The molecule has 21 heavy (non-hydrogen) atoms. The predicted molar refractivity (Wildman–Crippen MR) is 86.5 cm³/mol. The topological polar surface area (TPSA) is 30.5 Å². The Kier molecular flexibility index (Phi) is 5.48. The Morgan fingerprint density at radius 1 is 1.05 bits per heavy atom. The number of ether oxygens (including phenoxy) is 2. The maximum Gasteiger partial charge on any atom is 0.165 e. The fraction of sp³-hybridized carbons (Fsp3) is 0.294. The van der Waals surface area contributed by atoms with Crippen molar-refractivity contribution in [2.24, 2.45) is 0 Å². The second kappa shape index (κ2) is 7.34. The van der Waals surface area contributed by atoms with Crippen LogP contribution < -0.4 is 14.8 Å². The van der Waals surface area contributed by atoms with E-state index in [2.05, 4.69) is 12.2 Å². The van der Waals surface area contributed by atoms with E-state index in [1.54, 1.807) is 14.2 Å². The van der Waals surface area contributed by atoms with Crippen LogP contribution in [0.3, 0.4) is 0 Å². The molecule has 0 aliphatic heterocycles. The standard InChI is InChI=1S/C17H20ClNO2/c1-4-19-16(12-8-10-13(18)11-9-12)14-6-5-7-15(20-2)17(14)21-3/h5-11,16,19H,4H2,1-3H3. The molecule has 0 aliphatic carbocycles. The molecule has 3 nitrogen and oxygen atoms in total. The molecule has 0 radical (unpaired) electrons. The van der Waals surface area contributed by atoms with Crippen LogP contribution in [0.5, 0.6) is 11.5 Å². The van der Waals surface area contributed by atoms with E-state index in [0.717, 1.165) is 34.2 Å². The molecule has 2 rings (SSSR count). The summed E-state index contributed by atoms with van der Waals surface area (Å²) in [6, 6.07) is 13.8. The first-order valence-electron chi connectivity index (χ1n) is 6.91. The van der Waals surface area contributed by atoms with E-state index >= 15 is 0 Å². The van der Waals surface area contributed by atoms with Gasteiger partial charge in [-0.2, -0.15) is 0 Å². The van der Waals surface area contributed by atoms with Crippen LogP contribution >= 0.6 is 11.6 Å². The van der Waals surface area contributed by atoms with E-state index in [1.165, 1.54) is 0 Å². The third-order valence-electron chi connectivity index (χ3n) is 3.36. The van der Waals surface area contributed by atoms with Crippen molar-refractivity contribution in [1.29, 1.82) is 0 Å². The highest BCUT2D eigenvalue weighted by atomic mass is 35.5. The summed E-state index contributed by atoms with van der Waals surface area (Å²) < 4.78 is 10.9. The first-order valence-corrected chi connectivity index (χ1v) is 7.28. The van der Waals surface area contributed by atoms with Crippen LogP contribution in [-0.4, -0.2) is 20.8 Å². The molecule has 0 saturated carbocycles. The molecule has 1 N–H and O–H groups in total. The zero-order valence-electron chi connectivity index (χ0n) is 12.5. The summed E-state index contributed by atoms with van der Waals surface area (Å²) in [6.07, 6.45) is 0. The molecule has 2 aromatic rings. The molecule has 0 saturated heterocycles. The van der Waals surface area contributed by atoms with E-state index in [0.29, 0.717) is 0 Å². The number of rotatable bonds is 6. The molecule has 0 spiro atoms. The van der Waals surface area contributed by atoms with Gasteiger partial charge >= 0.3 is 0 Å². The molecule has 0 bridgehead atoms. The minimum absolute atomic E-state index is 0.0253. The summed E-state index contributed by atoms with van der Waals surface area (Å²) in [7, 11) is 3.30. The van der Waals surface area contributed by atoms with E-state index in [4.69, 9.17) is 21.1 Å². The van der Waals surface area contributed by atoms with Crippen molar-refractivity contribution in [1.82, 2.24) is 5.32 Å². The normalized spacial score (nSPS) is 12.0. The van der Waals surface area contributed by atoms with Gasteiger partial charge in [-0.25, -0.2) is 0 Å². The fourth-order valence-corrected chi connectivity index (χ4v) is 2.53. The lowest BCUT2D eigenvalue weighted by atomic mass is 9.97. The maximum absolute atomic E-state index is 5.98. The van der Waals surface area contributed by atoms with Gasteiger partial charge in [-0.3, -0.25) is 0 Å². The average Bonchev–Trinajstić information content (AvgIpc) is 2.52. The van der Waals surface area contributed by atoms with Gasteiger partial charge in [0.2, 0.25) is 0 Å². The van der Waals surface area contributed by atoms with Crippen molar-refractivity contribution < 1.29 is 9.47 Å². The van der Waals surface area contributed by atoms with Gasteiger partial charge in [0.05, 0.1) is 20.3 Å². The van der Waals surface area contributed by atoms with Crippen molar-refractivity contribution in [2.75, 3.05) is 20.8 Å².